The molecule has 146 heavy (non-hydrogen) atoms. The van der Waals surface area contributed by atoms with Crippen LogP contribution in [-0.4, -0.2) is 178 Å². The number of amides is 5. The number of ketones is 1. The van der Waals surface area contributed by atoms with Gasteiger partial charge in [-0.1, -0.05) is 226 Å². The first-order chi connectivity index (χ1) is 70.5. The summed E-state index contributed by atoms with van der Waals surface area (Å²) in [6.45, 7) is 14.5. The van der Waals surface area contributed by atoms with Gasteiger partial charge < -0.3 is 84.4 Å². The monoisotopic (exact) mass is 2070 g/mol. The number of quaternary nitrogens is 1. The summed E-state index contributed by atoms with van der Waals surface area (Å²) in [5.41, 5.74) is 15.3. The van der Waals surface area contributed by atoms with Crippen molar-refractivity contribution in [2.24, 2.45) is 47.3 Å². The highest BCUT2D eigenvalue weighted by atomic mass is 32.1. The highest BCUT2D eigenvalue weighted by molar-refractivity contribution is 7.19. The van der Waals surface area contributed by atoms with Crippen LogP contribution in [0.2, 0.25) is 0 Å². The summed E-state index contributed by atoms with van der Waals surface area (Å²) in [7, 11) is 2.75. The number of aromatic carboxylic acids is 1. The molecule has 4 saturated heterocycles. The van der Waals surface area contributed by atoms with Crippen LogP contribution in [-0.2, 0) is 62.7 Å². The minimum absolute atomic E-state index is 0.00508. The third-order valence-electron chi connectivity index (χ3n) is 26.5. The number of hydrogen-bond donors (Lipinski definition) is 4. The van der Waals surface area contributed by atoms with Gasteiger partial charge in [0.25, 0.3) is 0 Å². The average Bonchev–Trinajstić information content (AvgIpc) is 1.63. The molecule has 11 aromatic rings. The maximum absolute atomic E-state index is 14.2. The van der Waals surface area contributed by atoms with Crippen molar-refractivity contribution in [1.82, 2.24) is 14.7 Å². The molecule has 5 amide bonds. The Morgan fingerprint density at radius 1 is 0.459 bits per heavy atom. The van der Waals surface area contributed by atoms with E-state index >= 15 is 0 Å². The zero-order chi connectivity index (χ0) is 104. The Kier molecular flexibility index (Phi) is 43.0. The first kappa shape index (κ1) is 111. The molecule has 4 unspecified atom stereocenters. The van der Waals surface area contributed by atoms with Crippen LogP contribution in [0.5, 0.6) is 0 Å². The molecule has 33 heteroatoms. The van der Waals surface area contributed by atoms with Crippen molar-refractivity contribution in [1.29, 1.82) is 0 Å². The fourth-order valence-electron chi connectivity index (χ4n) is 18.5. The number of nitrogen functional groups attached to an aromatic ring is 1. The van der Waals surface area contributed by atoms with Crippen molar-refractivity contribution in [3.05, 3.63) is 273 Å². The topological polar surface area (TPSA) is 348 Å². The Balaban J connectivity index is 0.000000165. The summed E-state index contributed by atoms with van der Waals surface area (Å²) >= 11 is 5.50. The maximum atomic E-state index is 14.2. The Hall–Kier alpha value is -13.3. The van der Waals surface area contributed by atoms with Gasteiger partial charge >= 0.3 is 42.4 Å². The van der Waals surface area contributed by atoms with Crippen LogP contribution in [0.15, 0.2) is 237 Å². The number of carboxylic acids is 2. The van der Waals surface area contributed by atoms with E-state index in [1.54, 1.807) is 27.7 Å². The van der Waals surface area contributed by atoms with E-state index in [2.05, 4.69) is 29.2 Å². The number of alkyl halides is 3. The fraction of sp³-hybridized carbons (Fsp3) is 0.389. The minimum Gasteiger partial charge on any atom is -0.542 e. The summed E-state index contributed by atoms with van der Waals surface area (Å²) < 4.78 is 57.6. The van der Waals surface area contributed by atoms with Gasteiger partial charge in [-0.25, -0.2) is 28.8 Å². The first-order valence-corrected chi connectivity index (χ1v) is 53.0. The third-order valence-corrected chi connectivity index (χ3v) is 31.3. The lowest BCUT2D eigenvalue weighted by molar-refractivity contribution is -0.668. The van der Waals surface area contributed by atoms with E-state index in [-0.39, 0.29) is 102 Å². The number of Topliss-reactive ketones (excluding diaryl/α,β-unsaturated/α-hetero) is 1. The van der Waals surface area contributed by atoms with Crippen LogP contribution in [0.25, 0.3) is 41.8 Å². The Bertz CT molecular complexity index is 6040. The molecule has 6 N–H and O–H groups in total. The summed E-state index contributed by atoms with van der Waals surface area (Å²) in [4.78, 5) is 148. The molecule has 4 atom stereocenters. The van der Waals surface area contributed by atoms with Crippen molar-refractivity contribution < 1.29 is 105 Å². The van der Waals surface area contributed by atoms with Crippen molar-refractivity contribution in [2.75, 3.05) is 107 Å². The molecule has 4 aromatic heterocycles. The summed E-state index contributed by atoms with van der Waals surface area (Å²) in [5, 5.41) is 24.5. The fourth-order valence-corrected chi connectivity index (χ4v) is 22.6. The predicted molar refractivity (Wildman–Crippen MR) is 563 cm³/mol. The van der Waals surface area contributed by atoms with Crippen LogP contribution in [0.4, 0.5) is 50.3 Å². The number of benzene rings is 7. The molecule has 774 valence electrons. The van der Waals surface area contributed by atoms with Crippen LogP contribution >= 0.6 is 45.3 Å². The number of esters is 2. The molecule has 6 aliphatic rings. The van der Waals surface area contributed by atoms with Gasteiger partial charge in [-0.3, -0.25) is 14.4 Å². The lowest BCUT2D eigenvalue weighted by Gasteiger charge is -2.37. The van der Waals surface area contributed by atoms with Gasteiger partial charge in [0.2, 0.25) is 11.8 Å². The zero-order valence-corrected chi connectivity index (χ0v) is 86.2. The van der Waals surface area contributed by atoms with E-state index in [4.69, 9.17) is 34.6 Å². The first-order valence-electron chi connectivity index (χ1n) is 49.7. The number of likely N-dealkylation sites (tertiary alicyclic amines) is 3. The number of anilines is 4. The van der Waals surface area contributed by atoms with E-state index in [1.165, 1.54) is 59.6 Å². The van der Waals surface area contributed by atoms with E-state index in [0.29, 0.717) is 108 Å². The number of ether oxygens (including phenoxy) is 5. The number of rotatable bonds is 26. The average molecular weight is 2070 g/mol. The van der Waals surface area contributed by atoms with Crippen molar-refractivity contribution in [2.45, 2.75) is 150 Å². The highest BCUT2D eigenvalue weighted by Gasteiger charge is 2.39. The lowest BCUT2D eigenvalue weighted by Crippen LogP contribution is -2.87. The molecule has 2 aliphatic carbocycles. The van der Waals surface area contributed by atoms with Gasteiger partial charge in [0, 0.05) is 109 Å². The van der Waals surface area contributed by atoms with Gasteiger partial charge in [0.05, 0.1) is 54.9 Å². The number of aldehydes is 1. The van der Waals surface area contributed by atoms with Gasteiger partial charge in [-0.2, -0.15) is 13.2 Å². The number of aliphatic carboxylic acids is 1. The molecule has 6 fully saturated rings. The second kappa shape index (κ2) is 56.4. The number of carboxylic acid groups (broad SMARTS) is 2. The quantitative estimate of drug-likeness (QED) is 0.0169. The maximum Gasteiger partial charge on any atom is 0.430 e. The van der Waals surface area contributed by atoms with E-state index in [1.807, 2.05) is 240 Å². The highest BCUT2D eigenvalue weighted by Crippen LogP contribution is 2.44. The second-order valence-corrected chi connectivity index (χ2v) is 41.7. The molecule has 0 bridgehead atoms. The molecule has 0 spiro atoms. The van der Waals surface area contributed by atoms with E-state index < -0.39 is 18.1 Å². The number of piperidine rings is 4. The molecule has 7 aromatic carbocycles. The van der Waals surface area contributed by atoms with Gasteiger partial charge in [-0.05, 0) is 190 Å². The Labute approximate surface area is 866 Å². The van der Waals surface area contributed by atoms with Crippen LogP contribution in [0.1, 0.15) is 179 Å². The summed E-state index contributed by atoms with van der Waals surface area (Å²) in [6, 6.07) is 76.4. The van der Waals surface area contributed by atoms with E-state index in [9.17, 15) is 66.2 Å². The normalized spacial score (nSPS) is 18.5. The number of methoxy groups -OCH3 is 2. The molecule has 4 aliphatic heterocycles. The molecular weight excluding hydrogens is 1940 g/mol. The smallest absolute Gasteiger partial charge is 0.430 e. The summed E-state index contributed by atoms with van der Waals surface area (Å²) in [5.74, 6) is -2.48. The zero-order valence-electron chi connectivity index (χ0n) is 83.0. The number of nitrogens with two attached hydrogens (primary N) is 2. The molecule has 0 radical (unpaired) electrons. The molecule has 17 rings (SSSR count). The SMILES string of the molecule is CC(=O)c1sc(-c2ccccc2)cc1N(CC1CCCN(C(=O)OCc2ccccc2)C1)C(=O)C1CCC(C)CC1.CC1CCC(C(=O)N(CC2CCC[NH2+]C2)c2cc(-c3ccccc3)sc2C(=O)O)CC1.COC(=O)c1sc(-c2ccccc2)cc1N.COC(=O)c1sc(-c2ccccc2)cc1NCC1CCCN(C(=O)OCc2ccccc2)C1.O=C([O-])C(F)(F)F.O=CC1CCCN(C(=O)OCc2ccccc2)C1. The van der Waals surface area contributed by atoms with Crippen LogP contribution in [0, 0.1) is 47.3 Å². The van der Waals surface area contributed by atoms with Gasteiger partial charge in [-0.15, -0.1) is 45.3 Å². The number of carbonyl (C=O) groups is 11. The number of halogens is 3. The summed E-state index contributed by atoms with van der Waals surface area (Å²) in [6.07, 6.45) is 10.3. The number of hydrogen-bond acceptors (Lipinski definition) is 23. The number of carbonyl (C=O) groups excluding carboxylic acids is 10. The van der Waals surface area contributed by atoms with Crippen molar-refractivity contribution in [3.63, 3.8) is 0 Å². The predicted octanol–water partition coefficient (Wildman–Crippen LogP) is 22.1. The Morgan fingerprint density at radius 3 is 1.21 bits per heavy atom. The van der Waals surface area contributed by atoms with Crippen LogP contribution in [0.3, 0.4) is 0 Å². The van der Waals surface area contributed by atoms with Crippen LogP contribution < -0.4 is 31.3 Å². The van der Waals surface area contributed by atoms with Gasteiger partial charge in [0.15, 0.2) is 5.78 Å². The molecule has 8 heterocycles. The molecule has 26 nitrogen and oxygen atoms in total. The molecular formula is C113H129F3N8O18S4. The second-order valence-electron chi connectivity index (χ2n) is 37.5. The van der Waals surface area contributed by atoms with Crippen molar-refractivity contribution in [3.8, 4) is 41.8 Å². The minimum atomic E-state index is -5.19. The standard InChI is InChI=1S/C34H40N2O4S.C26H28N2O4S.C25H32N2O3S.C14H17NO3.C12H11NO2S.C2HF3O2/c1-24-15-17-29(18-16-24)33(38)36(30-20-31(41-32(30)25(2)37)28-13-7-4-8-14-28)22-27-12-9-19-35(21-27)34(39)40-23-26-10-5-3-6-11-26;1-31-25(29)24-22(15-23(33-24)21-12-6-3-7-13-21)27-16-20-11-8-14-28(17-20)26(30)32-18-19-9-4-2-5-10-19;1-17-9-11-20(12-10-17)24(28)27(16-18-6-5-13-26-15-18)21-14-22(31-23(21)25(29)30)19-7-3-2-4-8-19;16-10-13-7-4-8-15(9-13)14(17)18-11-12-5-2-1-3-6-12;1-15-12(14)11-9(13)7-10(16-11)8-5-3-2-4-6-8;3-2(4,5)1(6)7/h3-8,10-11,13-14,20,24,27,29H,9,12,15-19,21-23H2,1-2H3;2-7,9-10,12-13,15,20,27H,8,11,14,16-18H2,1H3;2-4,7-8,14,17-18,20,26H,5-6,9-13,15-16H2,1H3,(H,29,30);1-3,5-6,10,13H,4,7-9,11H2;2-7H,13H2,1H3;(H,6,7). The molecule has 2 saturated carbocycles. The van der Waals surface area contributed by atoms with Crippen molar-refractivity contribution >= 4 is 134 Å². The van der Waals surface area contributed by atoms with E-state index in [0.717, 1.165) is 186 Å². The Morgan fingerprint density at radius 2 is 0.808 bits per heavy atom. The number of thiophene rings is 4. The van der Waals surface area contributed by atoms with Gasteiger partial charge in [0.1, 0.15) is 46.7 Å². The lowest BCUT2D eigenvalue weighted by atomic mass is 9.82. The number of nitrogens with one attached hydrogen (secondary N) is 1. The number of nitrogens with zero attached hydrogens (tertiary/aromatic N) is 5. The largest absolute Gasteiger partial charge is 0.542 e. The third kappa shape index (κ3) is 33.3.